The fraction of sp³-hybridized carbons (Fsp3) is 0.667. The lowest BCUT2D eigenvalue weighted by Crippen LogP contribution is -2.29. The van der Waals surface area contributed by atoms with Gasteiger partial charge in [-0.1, -0.05) is 10.3 Å². The van der Waals surface area contributed by atoms with Crippen molar-refractivity contribution in [3.63, 3.8) is 0 Å². The number of rotatable bonds is 4. The molecular formula is C15H19F2N3O3. The molecule has 1 fully saturated rings. The molecule has 0 atom stereocenters. The Morgan fingerprint density at radius 1 is 1.22 bits per heavy atom. The molecule has 2 heterocycles. The Morgan fingerprint density at radius 3 is 2.52 bits per heavy atom. The van der Waals surface area contributed by atoms with E-state index in [1.54, 1.807) is 6.92 Å². The lowest BCUT2D eigenvalue weighted by atomic mass is 9.86. The van der Waals surface area contributed by atoms with Gasteiger partial charge in [-0.2, -0.15) is 0 Å². The van der Waals surface area contributed by atoms with Crippen LogP contribution >= 0.6 is 0 Å². The maximum Gasteiger partial charge on any atom is 0.441 e. The van der Waals surface area contributed by atoms with Crippen molar-refractivity contribution >= 4 is 0 Å². The molecule has 0 amide bonds. The maximum absolute atomic E-state index is 13.2. The van der Waals surface area contributed by atoms with E-state index in [9.17, 15) is 13.6 Å². The highest BCUT2D eigenvalue weighted by molar-refractivity contribution is 5.24. The van der Waals surface area contributed by atoms with E-state index in [1.165, 1.54) is 4.57 Å². The summed E-state index contributed by atoms with van der Waals surface area (Å²) in [5.41, 5.74) is 1.60. The predicted octanol–water partition coefficient (Wildman–Crippen LogP) is 2.86. The average Bonchev–Trinajstić information content (AvgIpc) is 3.00. The number of aromatic nitrogens is 3. The fourth-order valence-corrected chi connectivity index (χ4v) is 3.06. The molecule has 8 heteroatoms. The number of halogens is 2. The Morgan fingerprint density at radius 2 is 1.91 bits per heavy atom. The van der Waals surface area contributed by atoms with Crippen LogP contribution in [0.3, 0.4) is 0 Å². The summed E-state index contributed by atoms with van der Waals surface area (Å²) < 4.78 is 37.8. The minimum Gasteiger partial charge on any atom is -0.361 e. The van der Waals surface area contributed by atoms with Gasteiger partial charge in [0.25, 0.3) is 0 Å². The fourth-order valence-electron chi connectivity index (χ4n) is 3.06. The van der Waals surface area contributed by atoms with E-state index >= 15 is 0 Å². The molecule has 2 aromatic rings. The molecule has 0 aliphatic heterocycles. The molecule has 0 aromatic carbocycles. The summed E-state index contributed by atoms with van der Waals surface area (Å²) in [6.07, 6.45) is 0.911. The number of hydrogen-bond donors (Lipinski definition) is 0. The number of aryl methyl sites for hydroxylation is 2. The zero-order valence-electron chi connectivity index (χ0n) is 13.1. The van der Waals surface area contributed by atoms with Gasteiger partial charge >= 0.3 is 5.76 Å². The van der Waals surface area contributed by atoms with E-state index in [0.29, 0.717) is 37.4 Å². The molecule has 126 valence electrons. The van der Waals surface area contributed by atoms with E-state index in [0.717, 1.165) is 11.3 Å². The topological polar surface area (TPSA) is 74.1 Å². The standard InChI is InChI=1S/C15H19F2N3O3/c1-9-12(10(2)22-18-9)7-13-19-23-14(21)20(13)8-11-3-5-15(16,17)6-4-11/h11H,3-8H2,1-2H3. The van der Waals surface area contributed by atoms with Gasteiger partial charge in [0.15, 0.2) is 5.82 Å². The first-order valence-corrected chi connectivity index (χ1v) is 7.71. The highest BCUT2D eigenvalue weighted by Gasteiger charge is 2.35. The van der Waals surface area contributed by atoms with Crippen LogP contribution in [0.5, 0.6) is 0 Å². The quantitative estimate of drug-likeness (QED) is 0.863. The van der Waals surface area contributed by atoms with Crippen LogP contribution in [-0.2, 0) is 13.0 Å². The van der Waals surface area contributed by atoms with Crippen molar-refractivity contribution in [2.75, 3.05) is 0 Å². The molecule has 0 radical (unpaired) electrons. The van der Waals surface area contributed by atoms with Gasteiger partial charge in [-0.15, -0.1) is 0 Å². The largest absolute Gasteiger partial charge is 0.441 e. The monoisotopic (exact) mass is 327 g/mol. The van der Waals surface area contributed by atoms with Gasteiger partial charge in [-0.3, -0.25) is 9.09 Å². The van der Waals surface area contributed by atoms with Crippen molar-refractivity contribution in [1.29, 1.82) is 0 Å². The smallest absolute Gasteiger partial charge is 0.361 e. The van der Waals surface area contributed by atoms with Crippen molar-refractivity contribution in [3.8, 4) is 0 Å². The van der Waals surface area contributed by atoms with Crippen molar-refractivity contribution in [2.24, 2.45) is 5.92 Å². The van der Waals surface area contributed by atoms with Gasteiger partial charge in [0.05, 0.1) is 5.69 Å². The van der Waals surface area contributed by atoms with Gasteiger partial charge in [0.1, 0.15) is 5.76 Å². The third-order valence-electron chi connectivity index (χ3n) is 4.55. The van der Waals surface area contributed by atoms with Crippen molar-refractivity contribution in [3.05, 3.63) is 33.4 Å². The molecule has 0 bridgehead atoms. The van der Waals surface area contributed by atoms with E-state index in [4.69, 9.17) is 9.05 Å². The molecule has 3 rings (SSSR count). The van der Waals surface area contributed by atoms with Gasteiger partial charge in [-0.05, 0) is 32.6 Å². The Bertz CT molecular complexity index is 718. The Labute approximate surface area is 131 Å². The third-order valence-corrected chi connectivity index (χ3v) is 4.55. The van der Waals surface area contributed by atoms with Crippen LogP contribution in [0, 0.1) is 19.8 Å². The first kappa shape index (κ1) is 15.9. The van der Waals surface area contributed by atoms with Gasteiger partial charge in [0, 0.05) is 31.4 Å². The second-order valence-electron chi connectivity index (χ2n) is 6.25. The lowest BCUT2D eigenvalue weighted by Gasteiger charge is -2.28. The van der Waals surface area contributed by atoms with Crippen molar-refractivity contribution < 1.29 is 17.8 Å². The summed E-state index contributed by atoms with van der Waals surface area (Å²) in [6.45, 7) is 3.97. The summed E-state index contributed by atoms with van der Waals surface area (Å²) in [7, 11) is 0. The van der Waals surface area contributed by atoms with Crippen LogP contribution in [0.2, 0.25) is 0 Å². The van der Waals surface area contributed by atoms with Crippen LogP contribution in [0.15, 0.2) is 13.8 Å². The highest BCUT2D eigenvalue weighted by atomic mass is 19.3. The molecule has 6 nitrogen and oxygen atoms in total. The maximum atomic E-state index is 13.2. The van der Waals surface area contributed by atoms with E-state index in [1.807, 2.05) is 6.92 Å². The Hall–Kier alpha value is -1.99. The summed E-state index contributed by atoms with van der Waals surface area (Å²) in [4.78, 5) is 11.9. The van der Waals surface area contributed by atoms with E-state index < -0.39 is 11.7 Å². The van der Waals surface area contributed by atoms with Crippen LogP contribution in [0.4, 0.5) is 8.78 Å². The molecule has 0 unspecified atom stereocenters. The molecule has 23 heavy (non-hydrogen) atoms. The first-order chi connectivity index (χ1) is 10.9. The average molecular weight is 327 g/mol. The summed E-state index contributed by atoms with van der Waals surface area (Å²) in [5, 5.41) is 7.70. The first-order valence-electron chi connectivity index (χ1n) is 7.71. The normalized spacial score (nSPS) is 18.4. The molecule has 1 aliphatic carbocycles. The second-order valence-corrected chi connectivity index (χ2v) is 6.25. The van der Waals surface area contributed by atoms with E-state index in [2.05, 4.69) is 10.3 Å². The number of nitrogens with zero attached hydrogens (tertiary/aromatic N) is 3. The molecule has 0 N–H and O–H groups in total. The van der Waals surface area contributed by atoms with Gasteiger partial charge in [0.2, 0.25) is 5.92 Å². The van der Waals surface area contributed by atoms with Crippen LogP contribution in [0.1, 0.15) is 48.5 Å². The zero-order valence-corrected chi connectivity index (χ0v) is 13.1. The zero-order chi connectivity index (χ0) is 16.6. The Kier molecular flexibility index (Phi) is 4.08. The summed E-state index contributed by atoms with van der Waals surface area (Å²) >= 11 is 0. The van der Waals surface area contributed by atoms with Crippen LogP contribution < -0.4 is 5.76 Å². The van der Waals surface area contributed by atoms with Crippen molar-refractivity contribution in [1.82, 2.24) is 14.9 Å². The van der Waals surface area contributed by atoms with Gasteiger partial charge < -0.3 is 4.52 Å². The lowest BCUT2D eigenvalue weighted by molar-refractivity contribution is -0.0475. The summed E-state index contributed by atoms with van der Waals surface area (Å²) in [6, 6.07) is 0. The second kappa shape index (κ2) is 5.90. The summed E-state index contributed by atoms with van der Waals surface area (Å²) in [5.74, 6) is -1.95. The van der Waals surface area contributed by atoms with E-state index in [-0.39, 0.29) is 18.8 Å². The third kappa shape index (κ3) is 3.35. The number of hydrogen-bond acceptors (Lipinski definition) is 5. The molecule has 0 saturated heterocycles. The minimum absolute atomic E-state index is 0.0372. The highest BCUT2D eigenvalue weighted by Crippen LogP contribution is 2.36. The van der Waals surface area contributed by atoms with Crippen LogP contribution in [0.25, 0.3) is 0 Å². The van der Waals surface area contributed by atoms with Crippen LogP contribution in [-0.4, -0.2) is 20.8 Å². The molecule has 2 aromatic heterocycles. The Balaban J connectivity index is 1.76. The molecule has 0 spiro atoms. The molecular weight excluding hydrogens is 308 g/mol. The SMILES string of the molecule is Cc1noc(C)c1Cc1noc(=O)n1CC1CCC(F)(F)CC1. The molecule has 1 aliphatic rings. The molecule has 1 saturated carbocycles. The minimum atomic E-state index is -2.57. The van der Waals surface area contributed by atoms with Crippen molar-refractivity contribution in [2.45, 2.75) is 58.4 Å². The van der Waals surface area contributed by atoms with Gasteiger partial charge in [-0.25, -0.2) is 13.6 Å². The predicted molar refractivity (Wildman–Crippen MR) is 76.5 cm³/mol. The number of alkyl halides is 2.